The Bertz CT molecular complexity index is 530. The molecule has 1 aromatic carbocycles. The SMILES string of the molecule is Cc1cccc(C(=O)N2CCN(C[C@@H]3CCOC3)CC2)c1C. The van der Waals surface area contributed by atoms with Gasteiger partial charge >= 0.3 is 0 Å². The highest BCUT2D eigenvalue weighted by Gasteiger charge is 2.25. The smallest absolute Gasteiger partial charge is 0.254 e. The van der Waals surface area contributed by atoms with Gasteiger partial charge in [0, 0.05) is 44.9 Å². The van der Waals surface area contributed by atoms with Crippen molar-refractivity contribution in [2.24, 2.45) is 5.92 Å². The van der Waals surface area contributed by atoms with Crippen molar-refractivity contribution in [3.63, 3.8) is 0 Å². The van der Waals surface area contributed by atoms with Crippen molar-refractivity contribution >= 4 is 5.91 Å². The number of rotatable bonds is 3. The highest BCUT2D eigenvalue weighted by molar-refractivity contribution is 5.96. The van der Waals surface area contributed by atoms with Gasteiger partial charge in [-0.2, -0.15) is 0 Å². The number of carbonyl (C=O) groups is 1. The Hall–Kier alpha value is -1.39. The molecule has 0 radical (unpaired) electrons. The number of ether oxygens (including phenoxy) is 1. The molecule has 3 rings (SSSR count). The van der Waals surface area contributed by atoms with Crippen LogP contribution in [0.1, 0.15) is 27.9 Å². The molecule has 0 N–H and O–H groups in total. The molecule has 2 aliphatic rings. The normalized spacial score (nSPS) is 23.0. The van der Waals surface area contributed by atoms with Crippen molar-refractivity contribution in [2.75, 3.05) is 45.9 Å². The van der Waals surface area contributed by atoms with Crippen molar-refractivity contribution < 1.29 is 9.53 Å². The molecule has 2 saturated heterocycles. The third-order valence-corrected chi connectivity index (χ3v) is 5.03. The Labute approximate surface area is 133 Å². The molecule has 2 heterocycles. The first-order valence-corrected chi connectivity index (χ1v) is 8.30. The maximum atomic E-state index is 12.7. The van der Waals surface area contributed by atoms with E-state index in [0.29, 0.717) is 5.92 Å². The minimum absolute atomic E-state index is 0.185. The summed E-state index contributed by atoms with van der Waals surface area (Å²) >= 11 is 0. The summed E-state index contributed by atoms with van der Waals surface area (Å²) < 4.78 is 5.45. The predicted octanol–water partition coefficient (Wildman–Crippen LogP) is 2.10. The molecule has 0 aliphatic carbocycles. The molecule has 120 valence electrons. The lowest BCUT2D eigenvalue weighted by Gasteiger charge is -2.36. The number of hydrogen-bond acceptors (Lipinski definition) is 3. The van der Waals surface area contributed by atoms with Gasteiger partial charge in [0.2, 0.25) is 0 Å². The summed E-state index contributed by atoms with van der Waals surface area (Å²) in [5.41, 5.74) is 3.15. The van der Waals surface area contributed by atoms with Gasteiger partial charge in [0.15, 0.2) is 0 Å². The van der Waals surface area contributed by atoms with E-state index in [1.54, 1.807) is 0 Å². The molecule has 1 atom stereocenters. The van der Waals surface area contributed by atoms with E-state index in [9.17, 15) is 4.79 Å². The number of benzene rings is 1. The van der Waals surface area contributed by atoms with Crippen LogP contribution >= 0.6 is 0 Å². The lowest BCUT2D eigenvalue weighted by Crippen LogP contribution is -2.50. The van der Waals surface area contributed by atoms with Gasteiger partial charge in [-0.3, -0.25) is 9.69 Å². The van der Waals surface area contributed by atoms with Crippen molar-refractivity contribution in [1.82, 2.24) is 9.80 Å². The van der Waals surface area contributed by atoms with Crippen LogP contribution in [-0.2, 0) is 4.74 Å². The lowest BCUT2D eigenvalue weighted by molar-refractivity contribution is 0.0610. The zero-order valence-electron chi connectivity index (χ0n) is 13.7. The number of nitrogens with zero attached hydrogens (tertiary/aromatic N) is 2. The Kier molecular flexibility index (Phi) is 4.79. The molecule has 22 heavy (non-hydrogen) atoms. The second kappa shape index (κ2) is 6.80. The molecule has 0 spiro atoms. The summed E-state index contributed by atoms with van der Waals surface area (Å²) in [5.74, 6) is 0.867. The summed E-state index contributed by atoms with van der Waals surface area (Å²) in [6.45, 7) is 10.7. The zero-order valence-corrected chi connectivity index (χ0v) is 13.7. The molecular weight excluding hydrogens is 276 g/mol. The largest absolute Gasteiger partial charge is 0.381 e. The van der Waals surface area contributed by atoms with Gasteiger partial charge in [0.05, 0.1) is 6.61 Å². The van der Waals surface area contributed by atoms with Gasteiger partial charge < -0.3 is 9.64 Å². The minimum Gasteiger partial charge on any atom is -0.381 e. The summed E-state index contributed by atoms with van der Waals surface area (Å²) in [5, 5.41) is 0. The number of hydrogen-bond donors (Lipinski definition) is 0. The number of amides is 1. The summed E-state index contributed by atoms with van der Waals surface area (Å²) in [6.07, 6.45) is 1.18. The molecule has 2 fully saturated rings. The van der Waals surface area contributed by atoms with Crippen LogP contribution < -0.4 is 0 Å². The number of piperazine rings is 1. The van der Waals surface area contributed by atoms with Crippen LogP contribution in [0.25, 0.3) is 0 Å². The summed E-state index contributed by atoms with van der Waals surface area (Å²) in [7, 11) is 0. The van der Waals surface area contributed by atoms with E-state index in [-0.39, 0.29) is 5.91 Å². The van der Waals surface area contributed by atoms with Crippen LogP contribution in [0.15, 0.2) is 18.2 Å². The maximum absolute atomic E-state index is 12.7. The molecule has 1 amide bonds. The molecule has 2 aliphatic heterocycles. The fourth-order valence-electron chi connectivity index (χ4n) is 3.38. The molecule has 0 unspecified atom stereocenters. The summed E-state index contributed by atoms with van der Waals surface area (Å²) in [4.78, 5) is 17.2. The van der Waals surface area contributed by atoms with Crippen LogP contribution in [0.3, 0.4) is 0 Å². The molecule has 0 saturated carbocycles. The summed E-state index contributed by atoms with van der Waals surface area (Å²) in [6, 6.07) is 5.99. The van der Waals surface area contributed by atoms with E-state index >= 15 is 0 Å². The second-order valence-electron chi connectivity index (χ2n) is 6.57. The first-order chi connectivity index (χ1) is 10.6. The fourth-order valence-corrected chi connectivity index (χ4v) is 3.38. The number of carbonyl (C=O) groups excluding carboxylic acids is 1. The van der Waals surface area contributed by atoms with Gasteiger partial charge in [-0.15, -0.1) is 0 Å². The molecule has 0 bridgehead atoms. The van der Waals surface area contributed by atoms with Crippen LogP contribution in [0.2, 0.25) is 0 Å². The van der Waals surface area contributed by atoms with Gasteiger partial charge in [-0.25, -0.2) is 0 Å². The van der Waals surface area contributed by atoms with Crippen molar-refractivity contribution in [2.45, 2.75) is 20.3 Å². The number of aryl methyl sites for hydroxylation is 1. The highest BCUT2D eigenvalue weighted by Crippen LogP contribution is 2.18. The first-order valence-electron chi connectivity index (χ1n) is 8.30. The second-order valence-corrected chi connectivity index (χ2v) is 6.57. The molecular formula is C18H26N2O2. The Morgan fingerprint density at radius 1 is 1.23 bits per heavy atom. The quantitative estimate of drug-likeness (QED) is 0.857. The van der Waals surface area contributed by atoms with E-state index in [2.05, 4.69) is 17.9 Å². The van der Waals surface area contributed by atoms with Crippen molar-refractivity contribution in [3.8, 4) is 0 Å². The third kappa shape index (κ3) is 3.33. The van der Waals surface area contributed by atoms with E-state index < -0.39 is 0 Å². The minimum atomic E-state index is 0.185. The van der Waals surface area contributed by atoms with Gasteiger partial charge in [-0.1, -0.05) is 12.1 Å². The zero-order chi connectivity index (χ0) is 15.5. The monoisotopic (exact) mass is 302 g/mol. The van der Waals surface area contributed by atoms with Crippen molar-refractivity contribution in [3.05, 3.63) is 34.9 Å². The van der Waals surface area contributed by atoms with Crippen LogP contribution in [0, 0.1) is 19.8 Å². The van der Waals surface area contributed by atoms with Gasteiger partial charge in [0.25, 0.3) is 5.91 Å². The van der Waals surface area contributed by atoms with Crippen molar-refractivity contribution in [1.29, 1.82) is 0 Å². The Balaban J connectivity index is 1.56. The molecule has 0 aromatic heterocycles. The fraction of sp³-hybridized carbons (Fsp3) is 0.611. The van der Waals surface area contributed by atoms with Crippen LogP contribution in [0.4, 0.5) is 0 Å². The van der Waals surface area contributed by atoms with E-state index in [0.717, 1.165) is 57.1 Å². The first kappa shape index (κ1) is 15.5. The van der Waals surface area contributed by atoms with Crippen LogP contribution in [0.5, 0.6) is 0 Å². The van der Waals surface area contributed by atoms with E-state index in [1.165, 1.54) is 12.0 Å². The molecule has 1 aromatic rings. The predicted molar refractivity (Wildman–Crippen MR) is 87.2 cm³/mol. The topological polar surface area (TPSA) is 32.8 Å². The lowest BCUT2D eigenvalue weighted by atomic mass is 10.0. The third-order valence-electron chi connectivity index (χ3n) is 5.03. The van der Waals surface area contributed by atoms with Gasteiger partial charge in [0.1, 0.15) is 0 Å². The van der Waals surface area contributed by atoms with E-state index in [1.807, 2.05) is 24.0 Å². The molecule has 4 nitrogen and oxygen atoms in total. The Morgan fingerprint density at radius 2 is 2.00 bits per heavy atom. The highest BCUT2D eigenvalue weighted by atomic mass is 16.5. The van der Waals surface area contributed by atoms with Gasteiger partial charge in [-0.05, 0) is 43.4 Å². The Morgan fingerprint density at radius 3 is 2.68 bits per heavy atom. The van der Waals surface area contributed by atoms with E-state index in [4.69, 9.17) is 4.74 Å². The molecule has 4 heteroatoms. The maximum Gasteiger partial charge on any atom is 0.254 e. The van der Waals surface area contributed by atoms with Crippen LogP contribution in [-0.4, -0.2) is 61.6 Å². The standard InChI is InChI=1S/C18H26N2O2/c1-14-4-3-5-17(15(14)2)18(21)20-9-7-19(8-10-20)12-16-6-11-22-13-16/h3-5,16H,6-13H2,1-2H3/t16-/m0/s1. The average molecular weight is 302 g/mol. The average Bonchev–Trinajstić information content (AvgIpc) is 3.03.